The molecule has 0 aliphatic heterocycles. The molecule has 0 bridgehead atoms. The van der Waals surface area contributed by atoms with Crippen molar-refractivity contribution < 1.29 is 1.37 Å². The van der Waals surface area contributed by atoms with Crippen LogP contribution in [0.1, 0.15) is 8.27 Å². The second-order valence-electron chi connectivity index (χ2n) is 0.382. The van der Waals surface area contributed by atoms with Gasteiger partial charge in [-0.1, -0.05) is 0 Å². The van der Waals surface area contributed by atoms with E-state index in [1.807, 2.05) is 0 Å². The monoisotopic (exact) mass is 57.1 g/mol. The highest BCUT2D eigenvalue weighted by atomic mass is 14.6. The molecule has 0 unspecified atom stereocenters. The summed E-state index contributed by atoms with van der Waals surface area (Å²) in [7, 11) is 0. The summed E-state index contributed by atoms with van der Waals surface area (Å²) < 4.78 is 6.39. The summed E-state index contributed by atoms with van der Waals surface area (Å²) in [6, 6.07) is 0. The third-order valence-corrected chi connectivity index (χ3v) is 0.112. The molecule has 0 N–H and O–H groups in total. The van der Waals surface area contributed by atoms with E-state index in [4.69, 9.17) is 7.94 Å². The maximum Gasteiger partial charge on any atom is 0.211 e. The molecule has 0 fully saturated rings. The summed E-state index contributed by atoms with van der Waals surface area (Å²) in [6.07, 6.45) is 0. The predicted molar refractivity (Wildman–Crippen MR) is 17.1 cm³/mol. The number of nitrogens with zero attached hydrogens (tertiary/aromatic N) is 1. The van der Waals surface area contributed by atoms with Gasteiger partial charge in [-0.3, -0.25) is 0 Å². The Morgan fingerprint density at radius 2 is 3.25 bits per heavy atom. The van der Waals surface area contributed by atoms with E-state index < -0.39 is 0 Å². The Bertz CT molecular complexity index is 45.3. The summed E-state index contributed by atoms with van der Waals surface area (Å²) in [5.41, 5.74) is 0. The Kier molecular flexibility index (Phi) is 1.11. The lowest BCUT2D eigenvalue weighted by atomic mass is 10.8. The van der Waals surface area contributed by atoms with Crippen LogP contribution in [-0.2, 0) is 0 Å². The molecule has 0 atom stereocenters. The first kappa shape index (κ1) is 1.78. The fourth-order valence-corrected chi connectivity index (χ4v) is 0. The molecule has 0 amide bonds. The number of rotatable bonds is 0. The van der Waals surface area contributed by atoms with Gasteiger partial charge in [0.25, 0.3) is 0 Å². The fourth-order valence-electron chi connectivity index (χ4n) is 0. The first-order chi connectivity index (χ1) is 2.41. The molecule has 0 spiro atoms. The molecule has 0 heterocycles. The molecule has 1 heteroatoms. The van der Waals surface area contributed by atoms with Crippen molar-refractivity contribution in [2.75, 3.05) is 6.54 Å². The lowest BCUT2D eigenvalue weighted by Crippen LogP contribution is -1.47. The van der Waals surface area contributed by atoms with Gasteiger partial charge in [-0.15, -0.1) is 0 Å². The Morgan fingerprint density at radius 3 is 3.25 bits per heavy atom. The molecule has 4 heavy (non-hydrogen) atoms. The molecule has 0 saturated carbocycles. The van der Waals surface area contributed by atoms with Crippen LogP contribution in [0.15, 0.2) is 0 Å². The van der Waals surface area contributed by atoms with Gasteiger partial charge in [-0.2, -0.15) is 0 Å². The number of hydrogen-bond acceptors (Lipinski definition) is 0. The lowest BCUT2D eigenvalue weighted by molar-refractivity contribution is 1.35. The summed E-state index contributed by atoms with van der Waals surface area (Å²) in [5, 5.41) is 0. The largest absolute Gasteiger partial charge is 0.317 e. The smallest absolute Gasteiger partial charge is 0.211 e. The van der Waals surface area contributed by atoms with Gasteiger partial charge in [0.15, 0.2) is 0 Å². The summed E-state index contributed by atoms with van der Waals surface area (Å²) in [4.78, 5) is 2.92. The maximum absolute atomic E-state index is 6.39. The summed E-state index contributed by atoms with van der Waals surface area (Å²) in [6.45, 7) is 6.69. The number of hydrogen-bond donors (Lipinski definition) is 0. The summed E-state index contributed by atoms with van der Waals surface area (Å²) >= 11 is 0. The van der Waals surface area contributed by atoms with Gasteiger partial charge < -0.3 is 4.85 Å². The topological polar surface area (TPSA) is 4.36 Å². The van der Waals surface area contributed by atoms with Crippen LogP contribution >= 0.6 is 0 Å². The van der Waals surface area contributed by atoms with Crippen LogP contribution in [0.3, 0.4) is 0 Å². The molecular weight excluding hydrogens is 50.0 g/mol. The third kappa shape index (κ3) is 1.49. The van der Waals surface area contributed by atoms with Crippen molar-refractivity contribution in [3.05, 3.63) is 11.4 Å². The molecule has 0 aromatic heterocycles. The Balaban J connectivity index is 2.48. The maximum atomic E-state index is 6.39. The van der Waals surface area contributed by atoms with Crippen molar-refractivity contribution in [2.45, 2.75) is 6.90 Å². The standard InChI is InChI=1S/C3H5N/c1-3-4-2/h3H2,1H3/i1T. The van der Waals surface area contributed by atoms with Gasteiger partial charge in [0.1, 0.15) is 0 Å². The Hall–Kier alpha value is -0.510. The van der Waals surface area contributed by atoms with E-state index in [2.05, 4.69) is 4.85 Å². The highest BCUT2D eigenvalue weighted by Crippen LogP contribution is 1.52. The minimum atomic E-state index is 0.240. The average Bonchev–Trinajstić information content (AvgIpc) is 1.41. The second-order valence-corrected chi connectivity index (χ2v) is 0.382. The average molecular weight is 57.1 g/mol. The van der Waals surface area contributed by atoms with Crippen molar-refractivity contribution in [2.24, 2.45) is 0 Å². The lowest BCUT2D eigenvalue weighted by Gasteiger charge is -1.51. The Morgan fingerprint density at radius 1 is 2.50 bits per heavy atom. The third-order valence-electron chi connectivity index (χ3n) is 0.112. The van der Waals surface area contributed by atoms with Gasteiger partial charge in [0.2, 0.25) is 6.54 Å². The molecule has 0 rings (SSSR count). The van der Waals surface area contributed by atoms with Crippen molar-refractivity contribution in [3.63, 3.8) is 0 Å². The molecule has 0 aromatic carbocycles. The minimum Gasteiger partial charge on any atom is -0.317 e. The zero-order valence-corrected chi connectivity index (χ0v) is 2.36. The minimum absolute atomic E-state index is 0.240. The van der Waals surface area contributed by atoms with Gasteiger partial charge in [0, 0.05) is 8.27 Å². The molecule has 1 nitrogen and oxygen atoms in total. The van der Waals surface area contributed by atoms with Gasteiger partial charge in [-0.25, -0.2) is 6.57 Å². The van der Waals surface area contributed by atoms with E-state index in [9.17, 15) is 0 Å². The second kappa shape index (κ2) is 2.49. The van der Waals surface area contributed by atoms with Crippen LogP contribution in [0, 0.1) is 6.57 Å². The highest BCUT2D eigenvalue weighted by molar-refractivity contribution is 4.47. The first-order valence-corrected chi connectivity index (χ1v) is 1.04. The normalized spacial score (nSPS) is 8.25. The van der Waals surface area contributed by atoms with Crippen LogP contribution in [0.25, 0.3) is 4.85 Å². The molecule has 22 valence electrons. The molecule has 0 aliphatic rings. The van der Waals surface area contributed by atoms with E-state index >= 15 is 0 Å². The predicted octanol–water partition coefficient (Wildman–Crippen LogP) is 0.926. The summed E-state index contributed by atoms with van der Waals surface area (Å²) in [5.74, 6) is 0. The zero-order chi connectivity index (χ0) is 4.12. The van der Waals surface area contributed by atoms with Gasteiger partial charge >= 0.3 is 0 Å². The first-order valence-electron chi connectivity index (χ1n) is 1.75. The molecule has 0 aliphatic carbocycles. The molecule has 0 saturated heterocycles. The van der Waals surface area contributed by atoms with Crippen molar-refractivity contribution >= 4 is 0 Å². The Labute approximate surface area is 27.5 Å². The van der Waals surface area contributed by atoms with E-state index in [0.29, 0.717) is 6.54 Å². The molecule has 0 aromatic rings. The van der Waals surface area contributed by atoms with Gasteiger partial charge in [-0.05, 0) is 0 Å². The van der Waals surface area contributed by atoms with Crippen molar-refractivity contribution in [1.82, 2.24) is 0 Å². The highest BCUT2D eigenvalue weighted by Gasteiger charge is 1.50. The van der Waals surface area contributed by atoms with Crippen LogP contribution < -0.4 is 0 Å². The van der Waals surface area contributed by atoms with Crippen LogP contribution in [0.2, 0.25) is 0 Å². The SMILES string of the molecule is [3H]CC[N+]#[C-]. The van der Waals surface area contributed by atoms with E-state index in [0.717, 1.165) is 0 Å². The van der Waals surface area contributed by atoms with Crippen molar-refractivity contribution in [3.8, 4) is 0 Å². The molecule has 0 radical (unpaired) electrons. The van der Waals surface area contributed by atoms with Crippen molar-refractivity contribution in [1.29, 1.82) is 0 Å². The van der Waals surface area contributed by atoms with Crippen LogP contribution in [0.5, 0.6) is 0 Å². The molecular formula is C3H5N. The van der Waals surface area contributed by atoms with Crippen LogP contribution in [0.4, 0.5) is 0 Å². The van der Waals surface area contributed by atoms with E-state index in [-0.39, 0.29) is 6.90 Å². The zero-order valence-electron chi connectivity index (χ0n) is 3.36. The van der Waals surface area contributed by atoms with E-state index in [1.165, 1.54) is 0 Å². The fraction of sp³-hybridized carbons (Fsp3) is 0.667. The van der Waals surface area contributed by atoms with Gasteiger partial charge in [0.05, 0.1) is 0 Å². The quantitative estimate of drug-likeness (QED) is 0.364. The van der Waals surface area contributed by atoms with E-state index in [1.54, 1.807) is 0 Å². The van der Waals surface area contributed by atoms with Crippen LogP contribution in [-0.4, -0.2) is 6.54 Å².